The molecule has 4 heterocycles. The maximum absolute atomic E-state index is 5.45. The van der Waals surface area contributed by atoms with Crippen LogP contribution in [0.5, 0.6) is 0 Å². The van der Waals surface area contributed by atoms with Crippen molar-refractivity contribution in [2.75, 3.05) is 67.2 Å². The summed E-state index contributed by atoms with van der Waals surface area (Å²) < 4.78 is 5.45. The van der Waals surface area contributed by atoms with Crippen LogP contribution in [-0.2, 0) is 4.74 Å². The van der Waals surface area contributed by atoms with Crippen LogP contribution in [-0.4, -0.2) is 72.4 Å². The highest BCUT2D eigenvalue weighted by molar-refractivity contribution is 5.52. The Morgan fingerprint density at radius 2 is 1.39 bits per heavy atom. The third kappa shape index (κ3) is 3.73. The van der Waals surface area contributed by atoms with Crippen LogP contribution in [0.15, 0.2) is 18.5 Å². The van der Waals surface area contributed by atoms with Crippen LogP contribution in [0.2, 0.25) is 0 Å². The molecule has 0 atom stereocenters. The lowest BCUT2D eigenvalue weighted by Crippen LogP contribution is -2.47. The average Bonchev–Trinajstić information content (AvgIpc) is 3.60. The number of aromatic nitrogens is 4. The number of hydrogen-bond donors (Lipinski definition) is 0. The van der Waals surface area contributed by atoms with Gasteiger partial charge in [-0.3, -0.25) is 0 Å². The van der Waals surface area contributed by atoms with Gasteiger partial charge in [0.05, 0.1) is 13.2 Å². The smallest absolute Gasteiger partial charge is 0.134 e. The largest absolute Gasteiger partial charge is 0.378 e. The number of morpholine rings is 1. The predicted molar refractivity (Wildman–Crippen MR) is 108 cm³/mol. The second kappa shape index (κ2) is 7.50. The number of rotatable bonds is 4. The van der Waals surface area contributed by atoms with Crippen molar-refractivity contribution >= 4 is 17.5 Å². The minimum absolute atomic E-state index is 0.583. The molecular formula is C20H27N7O. The lowest BCUT2D eigenvalue weighted by Gasteiger charge is -2.36. The fourth-order valence-electron chi connectivity index (χ4n) is 3.90. The van der Waals surface area contributed by atoms with Gasteiger partial charge < -0.3 is 19.4 Å². The van der Waals surface area contributed by atoms with E-state index in [9.17, 15) is 0 Å². The highest BCUT2D eigenvalue weighted by Crippen LogP contribution is 2.38. The Balaban J connectivity index is 1.26. The normalized spacial score (nSPS) is 20.5. The number of aryl methyl sites for hydroxylation is 1. The highest BCUT2D eigenvalue weighted by Gasteiger charge is 2.28. The van der Waals surface area contributed by atoms with E-state index in [4.69, 9.17) is 9.72 Å². The fourth-order valence-corrected chi connectivity index (χ4v) is 3.90. The van der Waals surface area contributed by atoms with Gasteiger partial charge in [0.1, 0.15) is 29.6 Å². The molecule has 2 saturated heterocycles. The van der Waals surface area contributed by atoms with Crippen LogP contribution in [0.3, 0.4) is 0 Å². The lowest BCUT2D eigenvalue weighted by atomic mass is 10.2. The van der Waals surface area contributed by atoms with Gasteiger partial charge in [0.15, 0.2) is 0 Å². The van der Waals surface area contributed by atoms with Gasteiger partial charge >= 0.3 is 0 Å². The van der Waals surface area contributed by atoms with E-state index in [1.807, 2.05) is 0 Å². The Bertz CT molecular complexity index is 827. The summed E-state index contributed by atoms with van der Waals surface area (Å²) in [6, 6.07) is 4.23. The molecule has 0 N–H and O–H groups in total. The Kier molecular flexibility index (Phi) is 4.72. The molecule has 0 aromatic carbocycles. The van der Waals surface area contributed by atoms with Gasteiger partial charge in [0.2, 0.25) is 0 Å². The number of hydrogen-bond acceptors (Lipinski definition) is 8. The van der Waals surface area contributed by atoms with Gasteiger partial charge in [-0.05, 0) is 19.8 Å². The minimum Gasteiger partial charge on any atom is -0.378 e. The van der Waals surface area contributed by atoms with E-state index in [0.717, 1.165) is 81.5 Å². The molecule has 148 valence electrons. The van der Waals surface area contributed by atoms with E-state index in [1.165, 1.54) is 12.8 Å². The Morgan fingerprint density at radius 1 is 0.786 bits per heavy atom. The molecule has 0 amide bonds. The molecule has 1 aliphatic carbocycles. The van der Waals surface area contributed by atoms with Crippen LogP contribution >= 0.6 is 0 Å². The molecule has 2 aliphatic heterocycles. The van der Waals surface area contributed by atoms with Crippen LogP contribution in [0.4, 0.5) is 17.5 Å². The Hall–Kier alpha value is -2.48. The zero-order valence-corrected chi connectivity index (χ0v) is 16.4. The predicted octanol–water partition coefficient (Wildman–Crippen LogP) is 1.62. The minimum atomic E-state index is 0.583. The highest BCUT2D eigenvalue weighted by atomic mass is 16.5. The molecule has 5 rings (SSSR count). The van der Waals surface area contributed by atoms with E-state index in [2.05, 4.69) is 48.7 Å². The summed E-state index contributed by atoms with van der Waals surface area (Å²) in [4.78, 5) is 25.5. The van der Waals surface area contributed by atoms with Gasteiger partial charge in [-0.1, -0.05) is 0 Å². The zero-order chi connectivity index (χ0) is 18.9. The van der Waals surface area contributed by atoms with Gasteiger partial charge in [0.25, 0.3) is 0 Å². The van der Waals surface area contributed by atoms with E-state index in [-0.39, 0.29) is 0 Å². The summed E-state index contributed by atoms with van der Waals surface area (Å²) in [6.07, 6.45) is 4.15. The van der Waals surface area contributed by atoms with Crippen LogP contribution < -0.4 is 14.7 Å². The van der Waals surface area contributed by atoms with Crippen molar-refractivity contribution in [3.63, 3.8) is 0 Å². The maximum atomic E-state index is 5.45. The molecule has 0 bridgehead atoms. The molecule has 3 aliphatic rings. The first-order chi connectivity index (χ1) is 13.8. The molecule has 8 nitrogen and oxygen atoms in total. The molecule has 1 saturated carbocycles. The molecule has 2 aromatic rings. The van der Waals surface area contributed by atoms with Crippen molar-refractivity contribution in [1.29, 1.82) is 0 Å². The van der Waals surface area contributed by atoms with E-state index >= 15 is 0 Å². The number of ether oxygens (including phenoxy) is 1. The van der Waals surface area contributed by atoms with Crippen molar-refractivity contribution in [2.24, 2.45) is 0 Å². The quantitative estimate of drug-likeness (QED) is 0.791. The van der Waals surface area contributed by atoms with Gasteiger partial charge in [-0.2, -0.15) is 0 Å². The average molecular weight is 381 g/mol. The molecule has 8 heteroatoms. The third-order valence-corrected chi connectivity index (χ3v) is 5.70. The third-order valence-electron chi connectivity index (χ3n) is 5.70. The summed E-state index contributed by atoms with van der Waals surface area (Å²) in [5.41, 5.74) is 1.07. The van der Waals surface area contributed by atoms with Crippen molar-refractivity contribution in [3.05, 3.63) is 30.0 Å². The first kappa shape index (κ1) is 17.6. The summed E-state index contributed by atoms with van der Waals surface area (Å²) in [6.45, 7) is 9.12. The van der Waals surface area contributed by atoms with Crippen LogP contribution in [0.25, 0.3) is 0 Å². The van der Waals surface area contributed by atoms with E-state index in [1.54, 1.807) is 6.33 Å². The van der Waals surface area contributed by atoms with Crippen molar-refractivity contribution in [3.8, 4) is 0 Å². The van der Waals surface area contributed by atoms with Gasteiger partial charge in [-0.15, -0.1) is 0 Å². The molecular weight excluding hydrogens is 354 g/mol. The summed E-state index contributed by atoms with van der Waals surface area (Å²) in [5.74, 6) is 4.69. The SMILES string of the molecule is Cc1cc(N2CCN(c3cc(N4CCOCC4)ncn3)CC2)nc(C2CC2)n1. The molecule has 0 unspecified atom stereocenters. The molecule has 0 spiro atoms. The zero-order valence-electron chi connectivity index (χ0n) is 16.4. The Morgan fingerprint density at radius 3 is 2.04 bits per heavy atom. The number of anilines is 3. The van der Waals surface area contributed by atoms with E-state index in [0.29, 0.717) is 5.92 Å². The van der Waals surface area contributed by atoms with Crippen molar-refractivity contribution in [2.45, 2.75) is 25.7 Å². The first-order valence-electron chi connectivity index (χ1n) is 10.3. The molecule has 28 heavy (non-hydrogen) atoms. The number of piperazine rings is 1. The summed E-state index contributed by atoms with van der Waals surface area (Å²) in [5, 5.41) is 0. The second-order valence-corrected chi connectivity index (χ2v) is 7.81. The van der Waals surface area contributed by atoms with E-state index < -0.39 is 0 Å². The second-order valence-electron chi connectivity index (χ2n) is 7.81. The number of nitrogens with zero attached hydrogens (tertiary/aromatic N) is 7. The van der Waals surface area contributed by atoms with Crippen molar-refractivity contribution in [1.82, 2.24) is 19.9 Å². The van der Waals surface area contributed by atoms with Gasteiger partial charge in [-0.25, -0.2) is 19.9 Å². The molecule has 2 aromatic heterocycles. The summed E-state index contributed by atoms with van der Waals surface area (Å²) in [7, 11) is 0. The standard InChI is InChI=1S/C20H27N7O/c1-15-12-19(24-20(23-15)16-2-3-16)26-6-4-25(5-7-26)17-13-18(22-14-21-17)27-8-10-28-11-9-27/h12-14,16H,2-11H2,1H3. The van der Waals surface area contributed by atoms with Gasteiger partial charge in [0, 0.05) is 63.0 Å². The summed E-state index contributed by atoms with van der Waals surface area (Å²) >= 11 is 0. The fraction of sp³-hybridized carbons (Fsp3) is 0.600. The lowest BCUT2D eigenvalue weighted by molar-refractivity contribution is 0.122. The van der Waals surface area contributed by atoms with Crippen LogP contribution in [0, 0.1) is 6.92 Å². The monoisotopic (exact) mass is 381 g/mol. The topological polar surface area (TPSA) is 70.5 Å². The molecule has 3 fully saturated rings. The van der Waals surface area contributed by atoms with Crippen LogP contribution in [0.1, 0.15) is 30.3 Å². The van der Waals surface area contributed by atoms with Crippen molar-refractivity contribution < 1.29 is 4.74 Å². The Labute approximate surface area is 165 Å². The first-order valence-corrected chi connectivity index (χ1v) is 10.3. The maximum Gasteiger partial charge on any atom is 0.134 e. The molecule has 0 radical (unpaired) electrons.